The van der Waals surface area contributed by atoms with Crippen LogP contribution in [0.2, 0.25) is 0 Å². The Morgan fingerprint density at radius 1 is 0.897 bits per heavy atom. The van der Waals surface area contributed by atoms with E-state index in [1.54, 1.807) is 0 Å². The number of benzene rings is 2. The van der Waals surface area contributed by atoms with E-state index in [0.717, 1.165) is 11.3 Å². The first-order valence-electron chi connectivity index (χ1n) is 10.5. The molecule has 0 radical (unpaired) electrons. The van der Waals surface area contributed by atoms with Crippen LogP contribution < -0.4 is 4.90 Å². The molecule has 0 aliphatic carbocycles. The summed E-state index contributed by atoms with van der Waals surface area (Å²) in [6.07, 6.45) is 1.84. The Morgan fingerprint density at radius 3 is 1.90 bits per heavy atom. The van der Waals surface area contributed by atoms with Crippen LogP contribution in [0.25, 0.3) is 0 Å². The maximum Gasteiger partial charge on any atom is 0.187 e. The lowest BCUT2D eigenvalue weighted by Crippen LogP contribution is -2.24. The quantitative estimate of drug-likeness (QED) is 0.417. The molecule has 2 heteroatoms. The third-order valence-corrected chi connectivity index (χ3v) is 6.16. The van der Waals surface area contributed by atoms with Crippen LogP contribution in [0, 0.1) is 0 Å². The van der Waals surface area contributed by atoms with Gasteiger partial charge in [0.1, 0.15) is 0 Å². The van der Waals surface area contributed by atoms with Gasteiger partial charge in [0.05, 0.1) is 0 Å². The number of ketones is 1. The van der Waals surface area contributed by atoms with Crippen molar-refractivity contribution in [3.63, 3.8) is 0 Å². The SMILES string of the molecule is CN1C(=CC(=O)c2cc(C(C)(C)C)cc(C(C)(C)C)c2)C(C)(C)c2ccccc21. The van der Waals surface area contributed by atoms with Crippen molar-refractivity contribution in [2.24, 2.45) is 0 Å². The summed E-state index contributed by atoms with van der Waals surface area (Å²) in [5.41, 5.74) is 6.44. The fraction of sp³-hybridized carbons (Fsp3) is 0.444. The molecule has 0 saturated carbocycles. The van der Waals surface area contributed by atoms with E-state index in [1.165, 1.54) is 22.4 Å². The average molecular weight is 390 g/mol. The van der Waals surface area contributed by atoms with E-state index in [4.69, 9.17) is 0 Å². The first-order valence-corrected chi connectivity index (χ1v) is 10.5. The van der Waals surface area contributed by atoms with E-state index in [2.05, 4.69) is 110 Å². The minimum Gasteiger partial charge on any atom is -0.347 e. The molecule has 2 aromatic carbocycles. The highest BCUT2D eigenvalue weighted by Gasteiger charge is 2.38. The number of hydrogen-bond acceptors (Lipinski definition) is 2. The van der Waals surface area contributed by atoms with Gasteiger partial charge in [0, 0.05) is 35.5 Å². The van der Waals surface area contributed by atoms with Crippen LogP contribution in [-0.4, -0.2) is 12.8 Å². The molecule has 0 aromatic heterocycles. The number of para-hydroxylation sites is 1. The van der Waals surface area contributed by atoms with Gasteiger partial charge in [-0.05, 0) is 45.7 Å². The molecule has 0 unspecified atom stereocenters. The predicted octanol–water partition coefficient (Wildman–Crippen LogP) is 6.78. The smallest absolute Gasteiger partial charge is 0.187 e. The van der Waals surface area contributed by atoms with Crippen LogP contribution in [0.1, 0.15) is 82.4 Å². The third kappa shape index (κ3) is 3.90. The Hall–Kier alpha value is -2.35. The molecular formula is C27H35NO. The molecule has 154 valence electrons. The maximum atomic E-state index is 13.4. The summed E-state index contributed by atoms with van der Waals surface area (Å²) >= 11 is 0. The molecule has 3 rings (SSSR count). The topological polar surface area (TPSA) is 20.3 Å². The zero-order valence-corrected chi connectivity index (χ0v) is 19.5. The Morgan fingerprint density at radius 2 is 1.41 bits per heavy atom. The van der Waals surface area contributed by atoms with Crippen molar-refractivity contribution in [1.29, 1.82) is 0 Å². The van der Waals surface area contributed by atoms with Gasteiger partial charge in [0.25, 0.3) is 0 Å². The van der Waals surface area contributed by atoms with E-state index in [-0.39, 0.29) is 22.0 Å². The number of carbonyl (C=O) groups excluding carboxylic acids is 1. The monoisotopic (exact) mass is 389 g/mol. The van der Waals surface area contributed by atoms with Gasteiger partial charge in [0.15, 0.2) is 5.78 Å². The third-order valence-electron chi connectivity index (χ3n) is 6.16. The number of allylic oxidation sites excluding steroid dienone is 2. The van der Waals surface area contributed by atoms with Crippen molar-refractivity contribution in [3.05, 3.63) is 76.5 Å². The number of nitrogens with zero attached hydrogens (tertiary/aromatic N) is 1. The highest BCUT2D eigenvalue weighted by atomic mass is 16.1. The lowest BCUT2D eigenvalue weighted by molar-refractivity contribution is 0.104. The van der Waals surface area contributed by atoms with Gasteiger partial charge >= 0.3 is 0 Å². The zero-order chi connectivity index (χ0) is 21.8. The van der Waals surface area contributed by atoms with Gasteiger partial charge in [-0.3, -0.25) is 4.79 Å². The van der Waals surface area contributed by atoms with Crippen LogP contribution in [0.3, 0.4) is 0 Å². The minimum absolute atomic E-state index is 0.0108. The highest BCUT2D eigenvalue weighted by Crippen LogP contribution is 2.46. The van der Waals surface area contributed by atoms with Gasteiger partial charge in [-0.25, -0.2) is 0 Å². The summed E-state index contributed by atoms with van der Waals surface area (Å²) in [4.78, 5) is 15.6. The fourth-order valence-electron chi connectivity index (χ4n) is 4.10. The molecule has 0 amide bonds. The van der Waals surface area contributed by atoms with Crippen LogP contribution in [0.15, 0.2) is 54.2 Å². The van der Waals surface area contributed by atoms with Crippen LogP contribution in [0.5, 0.6) is 0 Å². The van der Waals surface area contributed by atoms with E-state index < -0.39 is 0 Å². The number of hydrogen-bond donors (Lipinski definition) is 0. The van der Waals surface area contributed by atoms with E-state index in [0.29, 0.717) is 0 Å². The van der Waals surface area contributed by atoms with Crippen LogP contribution in [0.4, 0.5) is 5.69 Å². The van der Waals surface area contributed by atoms with Crippen molar-refractivity contribution >= 4 is 11.5 Å². The fourth-order valence-corrected chi connectivity index (χ4v) is 4.10. The second-order valence-electron chi connectivity index (χ2n) is 10.9. The highest BCUT2D eigenvalue weighted by molar-refractivity contribution is 6.06. The predicted molar refractivity (Wildman–Crippen MR) is 124 cm³/mol. The second-order valence-corrected chi connectivity index (χ2v) is 10.9. The van der Waals surface area contributed by atoms with Gasteiger partial charge in [-0.15, -0.1) is 0 Å². The number of anilines is 1. The minimum atomic E-state index is -0.199. The van der Waals surface area contributed by atoms with E-state index in [1.807, 2.05) is 6.08 Å². The molecule has 29 heavy (non-hydrogen) atoms. The molecule has 2 aromatic rings. The molecule has 0 spiro atoms. The molecule has 2 nitrogen and oxygen atoms in total. The summed E-state index contributed by atoms with van der Waals surface area (Å²) in [5.74, 6) is 0.0735. The number of carbonyl (C=O) groups is 1. The van der Waals surface area contributed by atoms with Gasteiger partial charge in [-0.2, -0.15) is 0 Å². The largest absolute Gasteiger partial charge is 0.347 e. The van der Waals surface area contributed by atoms with Crippen molar-refractivity contribution in [3.8, 4) is 0 Å². The molecule has 0 bridgehead atoms. The Balaban J connectivity index is 2.10. The van der Waals surface area contributed by atoms with E-state index in [9.17, 15) is 4.79 Å². The van der Waals surface area contributed by atoms with Crippen molar-refractivity contribution in [2.75, 3.05) is 11.9 Å². The molecule has 1 aliphatic heterocycles. The molecular weight excluding hydrogens is 354 g/mol. The molecule has 0 N–H and O–H groups in total. The normalized spacial score (nSPS) is 17.6. The van der Waals surface area contributed by atoms with Crippen LogP contribution in [-0.2, 0) is 16.2 Å². The standard InChI is InChI=1S/C27H35NO/c1-25(2,3)19-14-18(15-20(16-19)26(4,5)6)23(29)17-24-27(7,8)21-12-10-11-13-22(21)28(24)9/h10-17H,1-9H3. The Labute approximate surface area is 176 Å². The summed E-state index contributed by atoms with van der Waals surface area (Å²) in [6.45, 7) is 17.6. The zero-order valence-electron chi connectivity index (χ0n) is 19.5. The Kier molecular flexibility index (Phi) is 5.06. The number of fused-ring (bicyclic) bond motifs is 1. The lowest BCUT2D eigenvalue weighted by Gasteiger charge is -2.26. The molecule has 1 aliphatic rings. The van der Waals surface area contributed by atoms with E-state index >= 15 is 0 Å². The summed E-state index contributed by atoms with van der Waals surface area (Å²) in [6, 6.07) is 14.8. The summed E-state index contributed by atoms with van der Waals surface area (Å²) < 4.78 is 0. The summed E-state index contributed by atoms with van der Waals surface area (Å²) in [5, 5.41) is 0. The first-order chi connectivity index (χ1) is 13.2. The van der Waals surface area contributed by atoms with Gasteiger partial charge in [0.2, 0.25) is 0 Å². The van der Waals surface area contributed by atoms with Crippen LogP contribution >= 0.6 is 0 Å². The first kappa shape index (κ1) is 21.4. The maximum absolute atomic E-state index is 13.4. The Bertz CT molecular complexity index is 948. The number of rotatable bonds is 2. The lowest BCUT2D eigenvalue weighted by atomic mass is 9.79. The van der Waals surface area contributed by atoms with Gasteiger partial charge in [-0.1, -0.05) is 79.7 Å². The average Bonchev–Trinajstić information content (AvgIpc) is 2.81. The molecule has 0 saturated heterocycles. The van der Waals surface area contributed by atoms with Crippen molar-refractivity contribution in [2.45, 2.75) is 71.6 Å². The molecule has 1 heterocycles. The molecule has 0 atom stereocenters. The molecule has 0 fully saturated rings. The summed E-state index contributed by atoms with van der Waals surface area (Å²) in [7, 11) is 2.05. The van der Waals surface area contributed by atoms with Crippen molar-refractivity contribution < 1.29 is 4.79 Å². The number of likely N-dealkylation sites (N-methyl/N-ethyl adjacent to an activating group) is 1. The van der Waals surface area contributed by atoms with Crippen molar-refractivity contribution in [1.82, 2.24) is 0 Å². The van der Waals surface area contributed by atoms with Gasteiger partial charge < -0.3 is 4.90 Å². The second kappa shape index (κ2) is 6.86.